The maximum absolute atomic E-state index is 12.9. The van der Waals surface area contributed by atoms with Crippen molar-refractivity contribution in [2.75, 3.05) is 26.9 Å². The van der Waals surface area contributed by atoms with E-state index in [9.17, 15) is 19.2 Å². The van der Waals surface area contributed by atoms with E-state index in [0.29, 0.717) is 25.8 Å². The van der Waals surface area contributed by atoms with Crippen LogP contribution in [0, 0.1) is 0 Å². The van der Waals surface area contributed by atoms with E-state index in [1.807, 2.05) is 24.3 Å². The highest BCUT2D eigenvalue weighted by Crippen LogP contribution is 2.24. The fourth-order valence-corrected chi connectivity index (χ4v) is 3.77. The maximum Gasteiger partial charge on any atom is 0.329 e. The number of piperazine rings is 1. The number of amides is 3. The molecule has 0 radical (unpaired) electrons. The van der Waals surface area contributed by atoms with E-state index in [1.165, 1.54) is 0 Å². The molecule has 10 heteroatoms. The summed E-state index contributed by atoms with van der Waals surface area (Å²) in [6, 6.07) is 5.78. The van der Waals surface area contributed by atoms with Gasteiger partial charge in [-0.1, -0.05) is 12.1 Å². The number of carbonyl (C=O) groups is 4. The number of piperidine rings is 1. The van der Waals surface area contributed by atoms with Gasteiger partial charge in [-0.25, -0.2) is 4.79 Å². The van der Waals surface area contributed by atoms with E-state index in [2.05, 4.69) is 10.6 Å². The van der Waals surface area contributed by atoms with Gasteiger partial charge in [0.2, 0.25) is 17.7 Å². The summed E-state index contributed by atoms with van der Waals surface area (Å²) in [7, 11) is 1.58. The third-order valence-corrected chi connectivity index (χ3v) is 5.23. The Morgan fingerprint density at radius 3 is 2.63 bits per heavy atom. The second kappa shape index (κ2) is 9.57. The molecule has 0 bridgehead atoms. The van der Waals surface area contributed by atoms with Crippen LogP contribution in [0.25, 0.3) is 0 Å². The number of carboxylic acids is 1. The first-order chi connectivity index (χ1) is 14.4. The van der Waals surface area contributed by atoms with Gasteiger partial charge in [0, 0.05) is 19.0 Å². The zero-order chi connectivity index (χ0) is 21.7. The van der Waals surface area contributed by atoms with Crippen LogP contribution in [0.1, 0.15) is 18.4 Å². The smallest absolute Gasteiger partial charge is 0.329 e. The number of benzene rings is 1. The molecule has 0 aromatic heterocycles. The van der Waals surface area contributed by atoms with Crippen LogP contribution < -0.4 is 15.4 Å². The molecule has 2 heterocycles. The summed E-state index contributed by atoms with van der Waals surface area (Å²) in [4.78, 5) is 49.4. The lowest BCUT2D eigenvalue weighted by molar-refractivity contribution is -0.152. The molecule has 3 unspecified atom stereocenters. The molecule has 30 heavy (non-hydrogen) atoms. The van der Waals surface area contributed by atoms with Crippen LogP contribution in [0.5, 0.6) is 5.75 Å². The molecular weight excluding hydrogens is 394 g/mol. The van der Waals surface area contributed by atoms with Crippen molar-refractivity contribution in [1.82, 2.24) is 15.5 Å². The number of rotatable bonds is 8. The fraction of sp³-hybridized carbons (Fsp3) is 0.500. The Morgan fingerprint density at radius 1 is 1.23 bits per heavy atom. The van der Waals surface area contributed by atoms with Gasteiger partial charge >= 0.3 is 5.97 Å². The Bertz CT molecular complexity index is 811. The summed E-state index contributed by atoms with van der Waals surface area (Å²) in [6.45, 7) is -0.565. The monoisotopic (exact) mass is 419 g/mol. The largest absolute Gasteiger partial charge is 0.497 e. The van der Waals surface area contributed by atoms with Crippen LogP contribution in [-0.4, -0.2) is 78.7 Å². The number of carbonyl (C=O) groups excluding carboxylic acids is 3. The first-order valence-electron chi connectivity index (χ1n) is 9.70. The third-order valence-electron chi connectivity index (χ3n) is 5.23. The molecule has 0 aliphatic carbocycles. The Labute approximate surface area is 173 Å². The van der Waals surface area contributed by atoms with Crippen molar-refractivity contribution in [3.05, 3.63) is 29.8 Å². The summed E-state index contributed by atoms with van der Waals surface area (Å²) >= 11 is 0. The Hall–Kier alpha value is -3.14. The lowest BCUT2D eigenvalue weighted by Gasteiger charge is -2.44. The molecule has 10 nitrogen and oxygen atoms in total. The standard InChI is InChI=1S/C20H25N3O7/c1-29-14-4-2-12(3-5-14)8-15-20(28)23-7-6-13(9-16(23)19(27)22-15)21-17(24)10-30-11-18(25)26/h2-5,13,15-16H,6-11H2,1H3,(H,21,24)(H,22,27)(H,25,26). The predicted octanol–water partition coefficient (Wildman–Crippen LogP) is -0.687. The number of ether oxygens (including phenoxy) is 2. The van der Waals surface area contributed by atoms with Crippen molar-refractivity contribution < 1.29 is 33.8 Å². The second-order valence-corrected chi connectivity index (χ2v) is 7.34. The van der Waals surface area contributed by atoms with Gasteiger partial charge in [-0.15, -0.1) is 0 Å². The molecule has 2 aliphatic heterocycles. The first kappa shape index (κ1) is 21.6. The van der Waals surface area contributed by atoms with Gasteiger partial charge in [0.1, 0.15) is 31.0 Å². The summed E-state index contributed by atoms with van der Waals surface area (Å²) in [5.41, 5.74) is 0.913. The molecule has 3 N–H and O–H groups in total. The number of nitrogens with zero attached hydrogens (tertiary/aromatic N) is 1. The van der Waals surface area contributed by atoms with Gasteiger partial charge in [-0.3, -0.25) is 14.4 Å². The topological polar surface area (TPSA) is 134 Å². The van der Waals surface area contributed by atoms with Crippen molar-refractivity contribution in [2.45, 2.75) is 37.4 Å². The van der Waals surface area contributed by atoms with Gasteiger partial charge in [-0.2, -0.15) is 0 Å². The summed E-state index contributed by atoms with van der Waals surface area (Å²) < 4.78 is 9.89. The molecule has 2 fully saturated rings. The summed E-state index contributed by atoms with van der Waals surface area (Å²) in [6.07, 6.45) is 1.20. The first-order valence-corrected chi connectivity index (χ1v) is 9.70. The second-order valence-electron chi connectivity index (χ2n) is 7.34. The average Bonchev–Trinajstić information content (AvgIpc) is 2.72. The van der Waals surface area contributed by atoms with Crippen LogP contribution in [0.15, 0.2) is 24.3 Å². The van der Waals surface area contributed by atoms with Crippen LogP contribution in [-0.2, 0) is 30.3 Å². The van der Waals surface area contributed by atoms with Crippen LogP contribution in [0.2, 0.25) is 0 Å². The van der Waals surface area contributed by atoms with Crippen molar-refractivity contribution in [1.29, 1.82) is 0 Å². The number of fused-ring (bicyclic) bond motifs is 1. The molecule has 2 saturated heterocycles. The molecule has 2 aliphatic rings. The highest BCUT2D eigenvalue weighted by atomic mass is 16.5. The minimum absolute atomic E-state index is 0.134. The van der Waals surface area contributed by atoms with E-state index in [1.54, 1.807) is 12.0 Å². The summed E-state index contributed by atoms with van der Waals surface area (Å²) in [5, 5.41) is 14.1. The van der Waals surface area contributed by atoms with E-state index in [0.717, 1.165) is 11.3 Å². The van der Waals surface area contributed by atoms with E-state index >= 15 is 0 Å². The number of carboxylic acid groups (broad SMARTS) is 1. The number of hydrogen-bond donors (Lipinski definition) is 3. The molecule has 3 atom stereocenters. The number of aliphatic carboxylic acids is 1. The van der Waals surface area contributed by atoms with Crippen molar-refractivity contribution in [2.24, 2.45) is 0 Å². The minimum atomic E-state index is -1.15. The molecule has 3 amide bonds. The third kappa shape index (κ3) is 5.26. The SMILES string of the molecule is COc1ccc(CC2NC(=O)C3CC(NC(=O)COCC(=O)O)CCN3C2=O)cc1. The molecule has 1 aromatic rings. The van der Waals surface area contributed by atoms with Gasteiger partial charge in [-0.05, 0) is 30.5 Å². The zero-order valence-corrected chi connectivity index (χ0v) is 16.6. The number of methoxy groups -OCH3 is 1. The van der Waals surface area contributed by atoms with Crippen molar-refractivity contribution in [3.8, 4) is 5.75 Å². The summed E-state index contributed by atoms with van der Waals surface area (Å²) in [5.74, 6) is -1.26. The van der Waals surface area contributed by atoms with Gasteiger partial charge in [0.05, 0.1) is 7.11 Å². The van der Waals surface area contributed by atoms with Crippen LogP contribution >= 0.6 is 0 Å². The number of hydrogen-bond acceptors (Lipinski definition) is 6. The molecule has 162 valence electrons. The van der Waals surface area contributed by atoms with Crippen molar-refractivity contribution in [3.63, 3.8) is 0 Å². The predicted molar refractivity (Wildman–Crippen MR) is 104 cm³/mol. The lowest BCUT2D eigenvalue weighted by atomic mass is 9.91. The van der Waals surface area contributed by atoms with E-state index in [-0.39, 0.29) is 24.5 Å². The quantitative estimate of drug-likeness (QED) is 0.508. The fourth-order valence-electron chi connectivity index (χ4n) is 3.77. The van der Waals surface area contributed by atoms with Crippen molar-refractivity contribution >= 4 is 23.7 Å². The van der Waals surface area contributed by atoms with Gasteiger partial charge < -0.3 is 30.1 Å². The Morgan fingerprint density at radius 2 is 1.97 bits per heavy atom. The molecule has 3 rings (SSSR count). The average molecular weight is 419 g/mol. The molecule has 1 aromatic carbocycles. The van der Waals surface area contributed by atoms with E-state index in [4.69, 9.17) is 14.6 Å². The highest BCUT2D eigenvalue weighted by molar-refractivity contribution is 5.97. The minimum Gasteiger partial charge on any atom is -0.497 e. The van der Waals surface area contributed by atoms with Gasteiger partial charge in [0.25, 0.3) is 0 Å². The van der Waals surface area contributed by atoms with E-state index < -0.39 is 30.6 Å². The highest BCUT2D eigenvalue weighted by Gasteiger charge is 2.43. The lowest BCUT2D eigenvalue weighted by Crippen LogP contribution is -2.67. The molecule has 0 spiro atoms. The van der Waals surface area contributed by atoms with Crippen LogP contribution in [0.3, 0.4) is 0 Å². The van der Waals surface area contributed by atoms with Crippen LogP contribution in [0.4, 0.5) is 0 Å². The normalized spacial score (nSPS) is 23.4. The maximum atomic E-state index is 12.9. The Balaban J connectivity index is 1.54. The molecule has 0 saturated carbocycles. The molecular formula is C20H25N3O7. The van der Waals surface area contributed by atoms with Gasteiger partial charge in [0.15, 0.2) is 0 Å². The number of nitrogens with one attached hydrogen (secondary N) is 2. The Kier molecular flexibility index (Phi) is 6.88. The zero-order valence-electron chi connectivity index (χ0n) is 16.6.